The molecule has 2 aromatic rings. The van der Waals surface area contributed by atoms with Crippen LogP contribution in [0.5, 0.6) is 0 Å². The van der Waals surface area contributed by atoms with E-state index in [1.54, 1.807) is 0 Å². The molecule has 0 radical (unpaired) electrons. The molecule has 0 spiro atoms. The lowest BCUT2D eigenvalue weighted by Gasteiger charge is -2.40. The molecule has 1 aromatic heterocycles. The van der Waals surface area contributed by atoms with Crippen LogP contribution in [-0.4, -0.2) is 4.98 Å². The molecule has 0 fully saturated rings. The molecule has 0 bridgehead atoms. The largest absolute Gasteiger partial charge is 0.252 e. The first-order valence-corrected chi connectivity index (χ1v) is 15.4. The second-order valence-corrected chi connectivity index (χ2v) is 12.0. The Bertz CT molecular complexity index is 1720. The lowest BCUT2D eigenvalue weighted by molar-refractivity contribution is 0.561. The van der Waals surface area contributed by atoms with Gasteiger partial charge in [-0.15, -0.1) is 13.2 Å². The van der Waals surface area contributed by atoms with E-state index >= 15 is 0 Å². The Hall–Kier alpha value is -4.23. The molecule has 2 unspecified atom stereocenters. The number of hydrogen-bond donors (Lipinski definition) is 0. The van der Waals surface area contributed by atoms with Gasteiger partial charge >= 0.3 is 0 Å². The molecule has 1 aromatic carbocycles. The van der Waals surface area contributed by atoms with E-state index in [1.807, 2.05) is 12.2 Å². The fourth-order valence-corrected chi connectivity index (χ4v) is 6.94. The van der Waals surface area contributed by atoms with Gasteiger partial charge in [-0.2, -0.15) is 0 Å². The van der Waals surface area contributed by atoms with Crippen LogP contribution in [0.25, 0.3) is 10.9 Å². The van der Waals surface area contributed by atoms with E-state index < -0.39 is 0 Å². The average molecular weight is 548 g/mol. The minimum absolute atomic E-state index is 0.242. The van der Waals surface area contributed by atoms with Crippen molar-refractivity contribution in [1.82, 2.24) is 4.98 Å². The fourth-order valence-electron chi connectivity index (χ4n) is 6.94. The molecule has 210 valence electrons. The van der Waals surface area contributed by atoms with Crippen molar-refractivity contribution in [2.75, 3.05) is 0 Å². The van der Waals surface area contributed by atoms with Gasteiger partial charge in [-0.3, -0.25) is 4.98 Å². The quantitative estimate of drug-likeness (QED) is 0.213. The first-order chi connectivity index (χ1) is 20.5. The summed E-state index contributed by atoms with van der Waals surface area (Å²) in [7, 11) is 0. The standard InChI is InChI=1S/C41H41N/c1-6-11-29-16-19-33-20-23-34(42-41(33)38(29)26-28(7-2)8-3)14-10-15-35(27(4)5)36-24-21-32-18-17-30-12-9-13-31-22-25-37(36)40(32)39(30)31/h7-10,12-13,15-25,28,39-40H,2-3,6,11,14,26H2,1,4-5H3/b15-10-. The number of rotatable bonds is 10. The number of aryl methyl sites for hydroxylation is 1. The first-order valence-electron chi connectivity index (χ1n) is 15.4. The third-order valence-electron chi connectivity index (χ3n) is 9.13. The van der Waals surface area contributed by atoms with Gasteiger partial charge in [0, 0.05) is 29.3 Å². The van der Waals surface area contributed by atoms with E-state index in [2.05, 4.69) is 125 Å². The summed E-state index contributed by atoms with van der Waals surface area (Å²) in [6.45, 7) is 14.8. The Balaban J connectivity index is 1.32. The number of allylic oxidation sites excluding steroid dienone is 20. The van der Waals surface area contributed by atoms with Gasteiger partial charge in [0.25, 0.3) is 0 Å². The number of nitrogens with zero attached hydrogens (tertiary/aromatic N) is 1. The van der Waals surface area contributed by atoms with Crippen molar-refractivity contribution in [2.45, 2.75) is 46.5 Å². The maximum Gasteiger partial charge on any atom is 0.0740 e. The summed E-state index contributed by atoms with van der Waals surface area (Å²) in [6.07, 6.45) is 33.2. The fraction of sp³-hybridized carbons (Fsp3) is 0.244. The maximum atomic E-state index is 5.23. The summed E-state index contributed by atoms with van der Waals surface area (Å²) < 4.78 is 0. The van der Waals surface area contributed by atoms with E-state index in [9.17, 15) is 0 Å². The van der Waals surface area contributed by atoms with E-state index in [-0.39, 0.29) is 5.92 Å². The Kier molecular flexibility index (Phi) is 7.94. The second-order valence-electron chi connectivity index (χ2n) is 12.0. The molecular weight excluding hydrogens is 506 g/mol. The predicted molar refractivity (Wildman–Crippen MR) is 180 cm³/mol. The van der Waals surface area contributed by atoms with Gasteiger partial charge in [-0.1, -0.05) is 116 Å². The first kappa shape index (κ1) is 27.9. The molecule has 1 nitrogen and oxygen atoms in total. The molecule has 42 heavy (non-hydrogen) atoms. The summed E-state index contributed by atoms with van der Waals surface area (Å²) in [6, 6.07) is 8.93. The molecule has 1 heterocycles. The van der Waals surface area contributed by atoms with Crippen LogP contribution < -0.4 is 0 Å². The minimum atomic E-state index is 0.242. The summed E-state index contributed by atoms with van der Waals surface area (Å²) in [5.74, 6) is 1.06. The monoisotopic (exact) mass is 547 g/mol. The van der Waals surface area contributed by atoms with Crippen molar-refractivity contribution in [3.05, 3.63) is 172 Å². The van der Waals surface area contributed by atoms with Crippen molar-refractivity contribution in [3.8, 4) is 0 Å². The molecule has 0 saturated carbocycles. The van der Waals surface area contributed by atoms with Crippen LogP contribution in [0.15, 0.2) is 155 Å². The zero-order chi connectivity index (χ0) is 29.2. The number of hydrogen-bond acceptors (Lipinski definition) is 1. The third-order valence-corrected chi connectivity index (χ3v) is 9.13. The molecule has 0 saturated heterocycles. The molecule has 1 heteroatoms. The van der Waals surface area contributed by atoms with Crippen molar-refractivity contribution in [2.24, 2.45) is 17.8 Å². The smallest absolute Gasteiger partial charge is 0.0740 e. The molecular formula is C41H41N. The van der Waals surface area contributed by atoms with E-state index in [0.717, 1.165) is 36.9 Å². The minimum Gasteiger partial charge on any atom is -0.252 e. The lowest BCUT2D eigenvalue weighted by atomic mass is 9.63. The van der Waals surface area contributed by atoms with Gasteiger partial charge in [0.15, 0.2) is 0 Å². The summed E-state index contributed by atoms with van der Waals surface area (Å²) in [5.41, 5.74) is 14.6. The van der Waals surface area contributed by atoms with Gasteiger partial charge in [-0.05, 0) is 83.2 Å². The predicted octanol–water partition coefficient (Wildman–Crippen LogP) is 10.2. The topological polar surface area (TPSA) is 12.9 Å². The highest BCUT2D eigenvalue weighted by atomic mass is 14.7. The average Bonchev–Trinajstić information content (AvgIpc) is 3.01. The van der Waals surface area contributed by atoms with E-state index in [1.165, 1.54) is 55.5 Å². The SMILES string of the molecule is C=CC(C=C)Cc1c(CCC)ccc2ccc(C/C=C\C(=C(C)C)C3=C4C=CC5=CC=CC6=CC=C(C=C3)C4C56)nc12. The molecule has 0 amide bonds. The Morgan fingerprint density at radius 2 is 1.62 bits per heavy atom. The summed E-state index contributed by atoms with van der Waals surface area (Å²) in [4.78, 5) is 5.23. The number of fused-ring (bicyclic) bond motifs is 1. The molecule has 0 N–H and O–H groups in total. The van der Waals surface area contributed by atoms with Gasteiger partial charge in [-0.25, -0.2) is 0 Å². The summed E-state index contributed by atoms with van der Waals surface area (Å²) in [5, 5.41) is 1.20. The van der Waals surface area contributed by atoms with Crippen LogP contribution in [0.4, 0.5) is 0 Å². The lowest BCUT2D eigenvalue weighted by Crippen LogP contribution is -2.29. The Morgan fingerprint density at radius 3 is 2.38 bits per heavy atom. The Labute approximate surface area is 251 Å². The van der Waals surface area contributed by atoms with Crippen LogP contribution in [0.3, 0.4) is 0 Å². The highest BCUT2D eigenvalue weighted by Gasteiger charge is 2.38. The van der Waals surface area contributed by atoms with Crippen LogP contribution in [0.1, 0.15) is 44.0 Å². The van der Waals surface area contributed by atoms with Crippen molar-refractivity contribution < 1.29 is 0 Å². The molecule has 4 aliphatic rings. The van der Waals surface area contributed by atoms with Crippen LogP contribution in [0.2, 0.25) is 0 Å². The number of benzene rings is 1. The summed E-state index contributed by atoms with van der Waals surface area (Å²) >= 11 is 0. The highest BCUT2D eigenvalue weighted by molar-refractivity contribution is 5.83. The Morgan fingerprint density at radius 1 is 0.881 bits per heavy atom. The van der Waals surface area contributed by atoms with Crippen LogP contribution in [0, 0.1) is 17.8 Å². The molecule has 4 aliphatic carbocycles. The molecule has 2 atom stereocenters. The van der Waals surface area contributed by atoms with Gasteiger partial charge in [0.05, 0.1) is 5.52 Å². The molecule has 6 rings (SSSR count). The number of pyridine rings is 1. The zero-order valence-electron chi connectivity index (χ0n) is 25.2. The van der Waals surface area contributed by atoms with Gasteiger partial charge in [0.2, 0.25) is 0 Å². The third kappa shape index (κ3) is 5.13. The van der Waals surface area contributed by atoms with Crippen LogP contribution >= 0.6 is 0 Å². The van der Waals surface area contributed by atoms with Crippen molar-refractivity contribution >= 4 is 10.9 Å². The van der Waals surface area contributed by atoms with E-state index in [4.69, 9.17) is 4.98 Å². The van der Waals surface area contributed by atoms with Gasteiger partial charge < -0.3 is 0 Å². The normalized spacial score (nSPS) is 20.0. The van der Waals surface area contributed by atoms with Crippen molar-refractivity contribution in [3.63, 3.8) is 0 Å². The second kappa shape index (κ2) is 11.9. The van der Waals surface area contributed by atoms with Crippen LogP contribution in [-0.2, 0) is 19.3 Å². The highest BCUT2D eigenvalue weighted by Crippen LogP contribution is 2.50. The van der Waals surface area contributed by atoms with Crippen molar-refractivity contribution in [1.29, 1.82) is 0 Å². The number of aromatic nitrogens is 1. The molecule has 0 aliphatic heterocycles. The van der Waals surface area contributed by atoms with E-state index in [0.29, 0.717) is 11.8 Å². The zero-order valence-corrected chi connectivity index (χ0v) is 25.2. The maximum absolute atomic E-state index is 5.23. The van der Waals surface area contributed by atoms with Gasteiger partial charge in [0.1, 0.15) is 0 Å².